The molecule has 0 radical (unpaired) electrons. The first-order valence-corrected chi connectivity index (χ1v) is 4.23. The molecule has 72 valence electrons. The standard InChI is InChI=1S/C6H9F2IO3/c1-2-6(7,8)11-4-3-5(10)12-9/h2-4H2,1H3. The van der Waals surface area contributed by atoms with E-state index in [-0.39, 0.29) is 13.0 Å². The van der Waals surface area contributed by atoms with Crippen molar-refractivity contribution in [2.24, 2.45) is 0 Å². The lowest BCUT2D eigenvalue weighted by atomic mass is 10.4. The van der Waals surface area contributed by atoms with Crippen LogP contribution in [0.5, 0.6) is 0 Å². The maximum absolute atomic E-state index is 12.3. The summed E-state index contributed by atoms with van der Waals surface area (Å²) < 4.78 is 33.0. The maximum Gasteiger partial charge on any atom is 0.355 e. The number of carbonyl (C=O) groups is 1. The van der Waals surface area contributed by atoms with Crippen molar-refractivity contribution < 1.29 is 21.4 Å². The Balaban J connectivity index is 3.49. The summed E-state index contributed by atoms with van der Waals surface area (Å²) in [5.74, 6) is -0.567. The second-order valence-corrected chi connectivity index (χ2v) is 2.48. The number of carbonyl (C=O) groups excluding carboxylic acids is 1. The van der Waals surface area contributed by atoms with Crippen molar-refractivity contribution >= 4 is 29.0 Å². The lowest BCUT2D eigenvalue weighted by molar-refractivity contribution is -0.239. The van der Waals surface area contributed by atoms with Crippen LogP contribution in [-0.4, -0.2) is 18.7 Å². The van der Waals surface area contributed by atoms with Crippen LogP contribution in [0.4, 0.5) is 8.78 Å². The van der Waals surface area contributed by atoms with E-state index < -0.39 is 18.5 Å². The van der Waals surface area contributed by atoms with Crippen LogP contribution in [0.2, 0.25) is 0 Å². The predicted molar refractivity (Wildman–Crippen MR) is 45.9 cm³/mol. The van der Waals surface area contributed by atoms with Gasteiger partial charge in [-0.2, -0.15) is 8.78 Å². The molecule has 0 aromatic rings. The molecular weight excluding hydrogens is 285 g/mol. The van der Waals surface area contributed by atoms with Gasteiger partial charge in [-0.25, -0.2) is 0 Å². The van der Waals surface area contributed by atoms with Gasteiger partial charge in [0, 0.05) is 6.42 Å². The molecule has 0 saturated heterocycles. The summed E-state index contributed by atoms with van der Waals surface area (Å²) >= 11 is 1.39. The normalized spacial score (nSPS) is 11.3. The van der Waals surface area contributed by atoms with Crippen molar-refractivity contribution in [1.82, 2.24) is 0 Å². The van der Waals surface area contributed by atoms with Gasteiger partial charge in [0.25, 0.3) is 0 Å². The van der Waals surface area contributed by atoms with Crippen molar-refractivity contribution in [2.45, 2.75) is 25.9 Å². The van der Waals surface area contributed by atoms with Gasteiger partial charge in [-0.05, 0) is 0 Å². The summed E-state index contributed by atoms with van der Waals surface area (Å²) in [6, 6.07) is 0. The average molecular weight is 294 g/mol. The Morgan fingerprint density at radius 3 is 2.58 bits per heavy atom. The van der Waals surface area contributed by atoms with Crippen LogP contribution in [0.3, 0.4) is 0 Å². The topological polar surface area (TPSA) is 35.5 Å². The fraction of sp³-hybridized carbons (Fsp3) is 0.833. The van der Waals surface area contributed by atoms with E-state index in [0.29, 0.717) is 0 Å². The summed E-state index contributed by atoms with van der Waals surface area (Å²) in [5, 5.41) is 0. The van der Waals surface area contributed by atoms with Gasteiger partial charge in [-0.15, -0.1) is 0 Å². The average Bonchev–Trinajstić information content (AvgIpc) is 2.04. The predicted octanol–water partition coefficient (Wildman–Crippen LogP) is 2.29. The van der Waals surface area contributed by atoms with Crippen molar-refractivity contribution in [2.75, 3.05) is 6.61 Å². The van der Waals surface area contributed by atoms with Crippen LogP contribution in [0.15, 0.2) is 0 Å². The molecule has 0 unspecified atom stereocenters. The van der Waals surface area contributed by atoms with E-state index in [4.69, 9.17) is 0 Å². The molecule has 0 aliphatic heterocycles. The summed E-state index contributed by atoms with van der Waals surface area (Å²) in [4.78, 5) is 10.4. The molecule has 0 saturated carbocycles. The molecule has 0 fully saturated rings. The molecule has 0 aliphatic rings. The van der Waals surface area contributed by atoms with Crippen LogP contribution in [0, 0.1) is 0 Å². The zero-order valence-electron chi connectivity index (χ0n) is 6.48. The molecule has 0 aliphatic carbocycles. The highest BCUT2D eigenvalue weighted by molar-refractivity contribution is 14.1. The van der Waals surface area contributed by atoms with Gasteiger partial charge in [0.05, 0.1) is 13.0 Å². The highest BCUT2D eigenvalue weighted by Crippen LogP contribution is 2.19. The highest BCUT2D eigenvalue weighted by atomic mass is 127. The van der Waals surface area contributed by atoms with Crippen molar-refractivity contribution in [3.05, 3.63) is 0 Å². The SMILES string of the molecule is CCC(F)(F)OCCC(=O)OI. The van der Waals surface area contributed by atoms with Crippen LogP contribution in [-0.2, 0) is 12.6 Å². The Kier molecular flexibility index (Phi) is 5.64. The third-order valence-corrected chi connectivity index (χ3v) is 1.61. The first-order valence-electron chi connectivity index (χ1n) is 3.35. The van der Waals surface area contributed by atoms with E-state index in [1.54, 1.807) is 0 Å². The molecule has 0 amide bonds. The summed E-state index contributed by atoms with van der Waals surface area (Å²) in [6.45, 7) is 0.985. The zero-order valence-corrected chi connectivity index (χ0v) is 8.64. The van der Waals surface area contributed by atoms with Crippen molar-refractivity contribution in [3.8, 4) is 0 Å². The van der Waals surface area contributed by atoms with Gasteiger partial charge >= 0.3 is 12.1 Å². The van der Waals surface area contributed by atoms with Gasteiger partial charge in [-0.3, -0.25) is 4.79 Å². The third kappa shape index (κ3) is 5.64. The Morgan fingerprint density at radius 2 is 2.17 bits per heavy atom. The van der Waals surface area contributed by atoms with Crippen molar-refractivity contribution in [3.63, 3.8) is 0 Å². The Bertz CT molecular complexity index is 152. The molecule has 6 heteroatoms. The lowest BCUT2D eigenvalue weighted by Crippen LogP contribution is -2.21. The minimum atomic E-state index is -3.13. The highest BCUT2D eigenvalue weighted by Gasteiger charge is 2.26. The molecule has 12 heavy (non-hydrogen) atoms. The van der Waals surface area contributed by atoms with E-state index in [0.717, 1.165) is 0 Å². The van der Waals surface area contributed by atoms with Gasteiger partial charge in [0.2, 0.25) is 0 Å². The van der Waals surface area contributed by atoms with Crippen LogP contribution in [0.1, 0.15) is 19.8 Å². The number of rotatable bonds is 5. The monoisotopic (exact) mass is 294 g/mol. The molecule has 0 heterocycles. The first kappa shape index (κ1) is 12.0. The van der Waals surface area contributed by atoms with E-state index in [1.165, 1.54) is 29.9 Å². The number of hydrogen-bond acceptors (Lipinski definition) is 3. The summed E-state index contributed by atoms with van der Waals surface area (Å²) in [6.07, 6.45) is -3.68. The second kappa shape index (κ2) is 5.63. The van der Waals surface area contributed by atoms with E-state index >= 15 is 0 Å². The molecule has 3 nitrogen and oxygen atoms in total. The Morgan fingerprint density at radius 1 is 1.58 bits per heavy atom. The number of hydrogen-bond donors (Lipinski definition) is 0. The smallest absolute Gasteiger partial charge is 0.355 e. The van der Waals surface area contributed by atoms with Crippen LogP contribution < -0.4 is 0 Å². The van der Waals surface area contributed by atoms with E-state index in [2.05, 4.69) is 7.80 Å². The van der Waals surface area contributed by atoms with Crippen molar-refractivity contribution in [1.29, 1.82) is 0 Å². The number of ether oxygens (including phenoxy) is 1. The molecule has 0 rings (SSSR count). The summed E-state index contributed by atoms with van der Waals surface area (Å²) in [5.41, 5.74) is 0. The van der Waals surface area contributed by atoms with Gasteiger partial charge < -0.3 is 7.80 Å². The van der Waals surface area contributed by atoms with Crippen LogP contribution in [0.25, 0.3) is 0 Å². The van der Waals surface area contributed by atoms with E-state index in [9.17, 15) is 13.6 Å². The maximum atomic E-state index is 12.3. The lowest BCUT2D eigenvalue weighted by Gasteiger charge is -2.13. The number of alkyl halides is 2. The fourth-order valence-corrected chi connectivity index (χ4v) is 0.645. The molecule has 0 atom stereocenters. The van der Waals surface area contributed by atoms with Gasteiger partial charge in [0.1, 0.15) is 0 Å². The van der Waals surface area contributed by atoms with E-state index in [1.807, 2.05) is 0 Å². The Hall–Kier alpha value is 0.0200. The molecule has 0 aromatic carbocycles. The second-order valence-electron chi connectivity index (χ2n) is 2.04. The third-order valence-electron chi connectivity index (χ3n) is 1.12. The molecule has 0 N–H and O–H groups in total. The molecule has 0 spiro atoms. The van der Waals surface area contributed by atoms with Crippen LogP contribution >= 0.6 is 23.0 Å². The zero-order chi connectivity index (χ0) is 9.61. The minimum absolute atomic E-state index is 0.154. The quantitative estimate of drug-likeness (QED) is 0.730. The first-order chi connectivity index (χ1) is 5.52. The molecule has 0 aromatic heterocycles. The molecule has 0 bridgehead atoms. The fourth-order valence-electron chi connectivity index (χ4n) is 0.424. The molecular formula is C6H9F2IO3. The summed E-state index contributed by atoms with van der Waals surface area (Å²) in [7, 11) is 0. The van der Waals surface area contributed by atoms with Gasteiger partial charge in [0.15, 0.2) is 23.0 Å². The minimum Gasteiger partial charge on any atom is -0.394 e. The Labute approximate surface area is 83.1 Å². The number of halogens is 3. The largest absolute Gasteiger partial charge is 0.394 e. The van der Waals surface area contributed by atoms with Gasteiger partial charge in [-0.1, -0.05) is 6.92 Å².